The first kappa shape index (κ1) is 22.0. The third kappa shape index (κ3) is 3.88. The fraction of sp³-hybridized carbons (Fsp3) is 0.348. The standard InChI is InChI=1S/C23H23NO7S/c1-11-12(2)19-15(18(26)17(11)25)8-9-23(3,31-19)21(28)30-14-6-4-13(5-7-14)10-16-20(27)24-22(29)32-16/h4-7,16,25-26H,8-10H2,1-3H3,(H,24,27,29)/t16?,23-/m1/s1. The molecule has 2 heterocycles. The van der Waals surface area contributed by atoms with Crippen LogP contribution in [0, 0.1) is 13.8 Å². The maximum atomic E-state index is 12.9. The van der Waals surface area contributed by atoms with Crippen LogP contribution in [-0.2, 0) is 22.4 Å². The fourth-order valence-corrected chi connectivity index (χ4v) is 4.67. The van der Waals surface area contributed by atoms with Gasteiger partial charge >= 0.3 is 5.97 Å². The van der Waals surface area contributed by atoms with Crippen LogP contribution in [0.4, 0.5) is 4.79 Å². The largest absolute Gasteiger partial charge is 0.504 e. The van der Waals surface area contributed by atoms with Crippen LogP contribution in [0.2, 0.25) is 0 Å². The Bertz CT molecular complexity index is 1130. The zero-order chi connectivity index (χ0) is 23.2. The molecule has 2 atom stereocenters. The van der Waals surface area contributed by atoms with Crippen molar-refractivity contribution in [1.82, 2.24) is 5.32 Å². The van der Waals surface area contributed by atoms with Crippen molar-refractivity contribution in [3.63, 3.8) is 0 Å². The molecule has 1 saturated heterocycles. The van der Waals surface area contributed by atoms with Gasteiger partial charge < -0.3 is 19.7 Å². The molecular weight excluding hydrogens is 434 g/mol. The minimum absolute atomic E-state index is 0.172. The lowest BCUT2D eigenvalue weighted by Gasteiger charge is -2.35. The third-order valence-electron chi connectivity index (χ3n) is 5.98. The van der Waals surface area contributed by atoms with Crippen LogP contribution in [0.5, 0.6) is 23.0 Å². The van der Waals surface area contributed by atoms with Gasteiger partial charge in [-0.2, -0.15) is 0 Å². The quantitative estimate of drug-likeness (QED) is 0.363. The van der Waals surface area contributed by atoms with E-state index in [1.54, 1.807) is 45.0 Å². The van der Waals surface area contributed by atoms with E-state index in [1.165, 1.54) is 0 Å². The molecule has 8 nitrogen and oxygen atoms in total. The van der Waals surface area contributed by atoms with E-state index >= 15 is 0 Å². The third-order valence-corrected chi connectivity index (χ3v) is 6.96. The number of hydrogen-bond acceptors (Lipinski definition) is 8. The summed E-state index contributed by atoms with van der Waals surface area (Å²) in [5, 5.41) is 21.8. The molecule has 168 valence electrons. The van der Waals surface area contributed by atoms with E-state index in [0.717, 1.165) is 17.3 Å². The van der Waals surface area contributed by atoms with Gasteiger partial charge in [0.25, 0.3) is 5.24 Å². The van der Waals surface area contributed by atoms with Gasteiger partial charge in [-0.05, 0) is 56.9 Å². The van der Waals surface area contributed by atoms with Crippen molar-refractivity contribution >= 4 is 28.9 Å². The number of amides is 2. The first-order valence-electron chi connectivity index (χ1n) is 10.1. The number of carbonyl (C=O) groups is 3. The fourth-order valence-electron chi connectivity index (χ4n) is 3.81. The molecule has 0 spiro atoms. The van der Waals surface area contributed by atoms with Crippen molar-refractivity contribution in [3.05, 3.63) is 46.5 Å². The van der Waals surface area contributed by atoms with Gasteiger partial charge in [0.1, 0.15) is 11.5 Å². The Morgan fingerprint density at radius 1 is 1.19 bits per heavy atom. The summed E-state index contributed by atoms with van der Waals surface area (Å²) < 4.78 is 11.6. The summed E-state index contributed by atoms with van der Waals surface area (Å²) in [7, 11) is 0. The van der Waals surface area contributed by atoms with E-state index in [2.05, 4.69) is 5.32 Å². The van der Waals surface area contributed by atoms with Crippen molar-refractivity contribution in [2.24, 2.45) is 0 Å². The van der Waals surface area contributed by atoms with E-state index in [4.69, 9.17) is 9.47 Å². The second-order valence-corrected chi connectivity index (χ2v) is 9.38. The molecule has 3 N–H and O–H groups in total. The summed E-state index contributed by atoms with van der Waals surface area (Å²) >= 11 is 0.965. The van der Waals surface area contributed by atoms with Crippen LogP contribution in [0.25, 0.3) is 0 Å². The monoisotopic (exact) mass is 457 g/mol. The zero-order valence-electron chi connectivity index (χ0n) is 17.9. The van der Waals surface area contributed by atoms with Crippen LogP contribution in [-0.4, -0.2) is 38.2 Å². The van der Waals surface area contributed by atoms with Crippen LogP contribution in [0.3, 0.4) is 0 Å². The molecule has 1 fully saturated rings. The number of esters is 1. The highest BCUT2D eigenvalue weighted by Gasteiger charge is 2.43. The average Bonchev–Trinajstić information content (AvgIpc) is 3.08. The van der Waals surface area contributed by atoms with Gasteiger partial charge in [0, 0.05) is 17.5 Å². The molecule has 1 unspecified atom stereocenters. The Hall–Kier alpha value is -3.20. The van der Waals surface area contributed by atoms with Gasteiger partial charge in [-0.1, -0.05) is 23.9 Å². The Morgan fingerprint density at radius 2 is 1.88 bits per heavy atom. The smallest absolute Gasteiger partial charge is 0.355 e. The van der Waals surface area contributed by atoms with E-state index in [-0.39, 0.29) is 29.1 Å². The molecule has 4 rings (SSSR count). The number of nitrogens with one attached hydrogen (secondary N) is 1. The molecule has 2 aliphatic heterocycles. The molecule has 0 aromatic heterocycles. The number of fused-ring (bicyclic) bond motifs is 1. The topological polar surface area (TPSA) is 122 Å². The van der Waals surface area contributed by atoms with Gasteiger partial charge in [-0.15, -0.1) is 0 Å². The van der Waals surface area contributed by atoms with E-state index < -0.39 is 16.8 Å². The van der Waals surface area contributed by atoms with Gasteiger partial charge in [0.15, 0.2) is 11.5 Å². The van der Waals surface area contributed by atoms with E-state index in [1.807, 2.05) is 0 Å². The average molecular weight is 458 g/mol. The van der Waals surface area contributed by atoms with E-state index in [9.17, 15) is 24.6 Å². The predicted molar refractivity (Wildman–Crippen MR) is 117 cm³/mol. The molecular formula is C23H23NO7S. The van der Waals surface area contributed by atoms with Crippen LogP contribution in [0.1, 0.15) is 35.6 Å². The number of rotatable bonds is 4. The number of thioether (sulfide) groups is 1. The second kappa shape index (κ2) is 8.05. The normalized spacial score (nSPS) is 22.2. The maximum absolute atomic E-state index is 12.9. The van der Waals surface area contributed by atoms with Gasteiger partial charge in [0.05, 0.1) is 5.25 Å². The maximum Gasteiger partial charge on any atom is 0.355 e. The molecule has 0 radical (unpaired) electrons. The summed E-state index contributed by atoms with van der Waals surface area (Å²) in [6, 6.07) is 6.75. The lowest BCUT2D eigenvalue weighted by molar-refractivity contribution is -0.152. The number of phenols is 2. The highest BCUT2D eigenvalue weighted by molar-refractivity contribution is 8.15. The van der Waals surface area contributed by atoms with Crippen molar-refractivity contribution in [3.8, 4) is 23.0 Å². The van der Waals surface area contributed by atoms with E-state index in [0.29, 0.717) is 41.0 Å². The first-order valence-corrected chi connectivity index (χ1v) is 11.0. The Kier molecular flexibility index (Phi) is 5.54. The highest BCUT2D eigenvalue weighted by atomic mass is 32.2. The molecule has 2 aromatic rings. The lowest BCUT2D eigenvalue weighted by Crippen LogP contribution is -2.47. The number of aromatic hydroxyl groups is 2. The van der Waals surface area contributed by atoms with Crippen LogP contribution < -0.4 is 14.8 Å². The minimum atomic E-state index is -1.26. The molecule has 0 bridgehead atoms. The molecule has 9 heteroatoms. The number of hydrogen-bond donors (Lipinski definition) is 3. The Balaban J connectivity index is 1.46. The minimum Gasteiger partial charge on any atom is -0.504 e. The van der Waals surface area contributed by atoms with Crippen molar-refractivity contribution in [2.75, 3.05) is 0 Å². The summed E-state index contributed by atoms with van der Waals surface area (Å²) in [6.07, 6.45) is 1.01. The van der Waals surface area contributed by atoms with Gasteiger partial charge in [0.2, 0.25) is 11.5 Å². The highest BCUT2D eigenvalue weighted by Crippen LogP contribution is 2.47. The number of benzene rings is 2. The van der Waals surface area contributed by atoms with Crippen molar-refractivity contribution in [2.45, 2.75) is 50.9 Å². The van der Waals surface area contributed by atoms with Crippen molar-refractivity contribution < 1.29 is 34.1 Å². The zero-order valence-corrected chi connectivity index (χ0v) is 18.7. The summed E-state index contributed by atoms with van der Waals surface area (Å²) in [5.74, 6) is -0.546. The van der Waals surface area contributed by atoms with Gasteiger partial charge in [-0.25, -0.2) is 4.79 Å². The Morgan fingerprint density at radius 3 is 2.50 bits per heavy atom. The Labute approximate surface area is 188 Å². The summed E-state index contributed by atoms with van der Waals surface area (Å²) in [4.78, 5) is 36.0. The van der Waals surface area contributed by atoms with Crippen LogP contribution in [0.15, 0.2) is 24.3 Å². The summed E-state index contributed by atoms with van der Waals surface area (Å²) in [5.41, 5.74) is 1.21. The first-order chi connectivity index (χ1) is 15.1. The molecule has 0 saturated carbocycles. The molecule has 2 amide bonds. The molecule has 32 heavy (non-hydrogen) atoms. The number of imide groups is 1. The molecule has 2 aromatic carbocycles. The van der Waals surface area contributed by atoms with Crippen LogP contribution >= 0.6 is 11.8 Å². The number of carbonyl (C=O) groups excluding carboxylic acids is 3. The van der Waals surface area contributed by atoms with Crippen molar-refractivity contribution in [1.29, 1.82) is 0 Å². The second-order valence-electron chi connectivity index (χ2n) is 8.21. The molecule has 2 aliphatic rings. The lowest BCUT2D eigenvalue weighted by atomic mass is 9.89. The summed E-state index contributed by atoms with van der Waals surface area (Å²) in [6.45, 7) is 5.07. The van der Waals surface area contributed by atoms with Gasteiger partial charge in [-0.3, -0.25) is 14.9 Å². The number of ether oxygens (including phenoxy) is 2. The predicted octanol–water partition coefficient (Wildman–Crippen LogP) is 3.30. The molecule has 0 aliphatic carbocycles. The number of phenolic OH excluding ortho intramolecular Hbond substituents is 2. The SMILES string of the molecule is Cc1c(C)c2c(c(O)c1O)CC[C@](C)(C(=O)Oc1ccc(CC3SC(=O)NC3=O)cc1)O2.